The van der Waals surface area contributed by atoms with Crippen LogP contribution in [0.25, 0.3) is 0 Å². The number of hydrogen-bond donors (Lipinski definition) is 0. The van der Waals surface area contributed by atoms with Gasteiger partial charge in [0.05, 0.1) is 0 Å². The second-order valence-electron chi connectivity index (χ2n) is 3.24. The molecule has 1 aliphatic rings. The first kappa shape index (κ1) is 11.4. The van der Waals surface area contributed by atoms with Crippen LogP contribution in [0.15, 0.2) is 18.2 Å². The number of benzene rings is 1. The predicted molar refractivity (Wildman–Crippen MR) is 59.0 cm³/mol. The van der Waals surface area contributed by atoms with Gasteiger partial charge in [0.25, 0.3) is 0 Å². The molecule has 0 fully saturated rings. The van der Waals surface area contributed by atoms with Crippen molar-refractivity contribution in [2.75, 3.05) is 28.1 Å². The van der Waals surface area contributed by atoms with E-state index in [0.717, 1.165) is 10.9 Å². The van der Waals surface area contributed by atoms with Crippen molar-refractivity contribution < 1.29 is 22.8 Å². The average molecular weight is 242 g/mol. The molecule has 0 spiro atoms. The molecule has 0 aliphatic carbocycles. The minimum atomic E-state index is -2.77. The Morgan fingerprint density at radius 2 is 1.62 bits per heavy atom. The highest BCUT2D eigenvalue weighted by atomic mass is 28.4. The van der Waals surface area contributed by atoms with Gasteiger partial charge in [-0.2, -0.15) is 0 Å². The second kappa shape index (κ2) is 4.42. The molecule has 6 heteroatoms. The summed E-state index contributed by atoms with van der Waals surface area (Å²) >= 11 is 0. The standard InChI is InChI=1S/C10H14O5Si/c1-11-16(12-2,13-3)8-4-5-9-10(6-8)15-7-14-9/h4-6H,7H2,1-3H3. The van der Waals surface area contributed by atoms with Crippen LogP contribution in [0.5, 0.6) is 11.5 Å². The summed E-state index contributed by atoms with van der Waals surface area (Å²) in [5, 5.41) is 0.851. The molecule has 0 aromatic heterocycles. The third-order valence-corrected chi connectivity index (χ3v) is 5.16. The van der Waals surface area contributed by atoms with Crippen LogP contribution in [0.3, 0.4) is 0 Å². The Morgan fingerprint density at radius 1 is 1.00 bits per heavy atom. The van der Waals surface area contributed by atoms with E-state index in [4.69, 9.17) is 22.8 Å². The fourth-order valence-corrected chi connectivity index (χ4v) is 3.49. The largest absolute Gasteiger partial charge is 0.536 e. The summed E-state index contributed by atoms with van der Waals surface area (Å²) in [6.07, 6.45) is 0. The summed E-state index contributed by atoms with van der Waals surface area (Å²) in [5.41, 5.74) is 0. The smallest absolute Gasteiger partial charge is 0.454 e. The number of hydrogen-bond acceptors (Lipinski definition) is 5. The van der Waals surface area contributed by atoms with Crippen molar-refractivity contribution in [1.82, 2.24) is 0 Å². The zero-order chi connectivity index (χ0) is 11.6. The molecule has 0 N–H and O–H groups in total. The van der Waals surface area contributed by atoms with E-state index in [-0.39, 0.29) is 6.79 Å². The van der Waals surface area contributed by atoms with Crippen LogP contribution < -0.4 is 14.7 Å². The fourth-order valence-electron chi connectivity index (χ4n) is 1.69. The van der Waals surface area contributed by atoms with Crippen LogP contribution in [0.4, 0.5) is 0 Å². The van der Waals surface area contributed by atoms with Crippen LogP contribution in [0.2, 0.25) is 0 Å². The number of fused-ring (bicyclic) bond motifs is 1. The van der Waals surface area contributed by atoms with Gasteiger partial charge in [-0.1, -0.05) is 6.07 Å². The Hall–Kier alpha value is -1.08. The molecule has 0 saturated carbocycles. The molecule has 5 nitrogen and oxygen atoms in total. The number of ether oxygens (including phenoxy) is 2. The maximum absolute atomic E-state index is 5.38. The molecule has 1 aromatic rings. The average Bonchev–Trinajstić information content (AvgIpc) is 2.79. The third kappa shape index (κ3) is 1.69. The van der Waals surface area contributed by atoms with E-state index < -0.39 is 8.80 Å². The lowest BCUT2D eigenvalue weighted by Crippen LogP contribution is -2.54. The quantitative estimate of drug-likeness (QED) is 0.720. The SMILES string of the molecule is CO[Si](OC)(OC)c1ccc2c(c1)OCO2. The Bertz CT molecular complexity index is 369. The molecule has 0 radical (unpaired) electrons. The first-order valence-electron chi connectivity index (χ1n) is 4.81. The first-order chi connectivity index (χ1) is 7.75. The summed E-state index contributed by atoms with van der Waals surface area (Å²) in [4.78, 5) is 0. The van der Waals surface area contributed by atoms with E-state index in [0.29, 0.717) is 5.75 Å². The lowest BCUT2D eigenvalue weighted by molar-refractivity contribution is 0.140. The fraction of sp³-hybridized carbons (Fsp3) is 0.400. The van der Waals surface area contributed by atoms with Gasteiger partial charge in [-0.3, -0.25) is 0 Å². The minimum Gasteiger partial charge on any atom is -0.454 e. The van der Waals surface area contributed by atoms with Crippen molar-refractivity contribution >= 4 is 14.0 Å². The van der Waals surface area contributed by atoms with E-state index in [1.54, 1.807) is 21.3 Å². The van der Waals surface area contributed by atoms with Crippen LogP contribution in [0.1, 0.15) is 0 Å². The van der Waals surface area contributed by atoms with Crippen molar-refractivity contribution in [2.45, 2.75) is 0 Å². The second-order valence-corrected chi connectivity index (χ2v) is 6.15. The van der Waals surface area contributed by atoms with Crippen molar-refractivity contribution in [3.63, 3.8) is 0 Å². The molecule has 0 unspecified atom stereocenters. The van der Waals surface area contributed by atoms with Crippen LogP contribution in [-0.2, 0) is 13.3 Å². The van der Waals surface area contributed by atoms with E-state index in [2.05, 4.69) is 0 Å². The Labute approximate surface area is 95.2 Å². The highest BCUT2D eigenvalue weighted by Gasteiger charge is 2.41. The molecule has 0 saturated heterocycles. The Balaban J connectivity index is 2.39. The van der Waals surface area contributed by atoms with Crippen molar-refractivity contribution in [3.8, 4) is 11.5 Å². The minimum absolute atomic E-state index is 0.250. The van der Waals surface area contributed by atoms with Gasteiger partial charge in [0, 0.05) is 26.5 Å². The van der Waals surface area contributed by atoms with Gasteiger partial charge < -0.3 is 22.8 Å². The number of rotatable bonds is 4. The maximum Gasteiger partial charge on any atom is 0.536 e. The van der Waals surface area contributed by atoms with Gasteiger partial charge in [0.2, 0.25) is 6.79 Å². The van der Waals surface area contributed by atoms with Gasteiger partial charge in [-0.05, 0) is 12.1 Å². The van der Waals surface area contributed by atoms with Crippen molar-refractivity contribution in [1.29, 1.82) is 0 Å². The molecule has 16 heavy (non-hydrogen) atoms. The summed E-state index contributed by atoms with van der Waals surface area (Å²) in [6, 6.07) is 5.54. The van der Waals surface area contributed by atoms with Crippen molar-refractivity contribution in [2.24, 2.45) is 0 Å². The molecule has 0 atom stereocenters. The molecule has 1 aromatic carbocycles. The molecule has 88 valence electrons. The molecular weight excluding hydrogens is 228 g/mol. The summed E-state index contributed by atoms with van der Waals surface area (Å²) in [7, 11) is 1.95. The highest BCUT2D eigenvalue weighted by Crippen LogP contribution is 2.30. The first-order valence-corrected chi connectivity index (χ1v) is 6.54. The summed E-state index contributed by atoms with van der Waals surface area (Å²) in [5.74, 6) is 1.43. The molecule has 2 rings (SSSR count). The van der Waals surface area contributed by atoms with Gasteiger partial charge in [-0.25, -0.2) is 0 Å². The van der Waals surface area contributed by atoms with Gasteiger partial charge in [0.15, 0.2) is 11.5 Å². The topological polar surface area (TPSA) is 46.2 Å². The molecule has 0 amide bonds. The van der Waals surface area contributed by atoms with Gasteiger partial charge in [0.1, 0.15) is 0 Å². The maximum atomic E-state index is 5.38. The Kier molecular flexibility index (Phi) is 3.15. The van der Waals surface area contributed by atoms with E-state index in [1.807, 2.05) is 18.2 Å². The van der Waals surface area contributed by atoms with E-state index >= 15 is 0 Å². The van der Waals surface area contributed by atoms with Gasteiger partial charge >= 0.3 is 8.80 Å². The lowest BCUT2D eigenvalue weighted by atomic mass is 10.3. The van der Waals surface area contributed by atoms with Crippen molar-refractivity contribution in [3.05, 3.63) is 18.2 Å². The third-order valence-electron chi connectivity index (χ3n) is 2.53. The summed E-state index contributed by atoms with van der Waals surface area (Å²) in [6.45, 7) is 0.250. The van der Waals surface area contributed by atoms with Crippen LogP contribution in [0, 0.1) is 0 Å². The molecule has 1 heterocycles. The molecule has 1 aliphatic heterocycles. The zero-order valence-corrected chi connectivity index (χ0v) is 10.5. The zero-order valence-electron chi connectivity index (χ0n) is 9.48. The Morgan fingerprint density at radius 3 is 2.25 bits per heavy atom. The molecular formula is C10H14O5Si. The normalized spacial score (nSPS) is 14.2. The summed E-state index contributed by atoms with van der Waals surface area (Å²) < 4.78 is 26.7. The molecule has 0 bridgehead atoms. The van der Waals surface area contributed by atoms with Crippen LogP contribution >= 0.6 is 0 Å². The highest BCUT2D eigenvalue weighted by molar-refractivity contribution is 6.75. The predicted octanol–water partition coefficient (Wildman–Crippen LogP) is 0.500. The van der Waals surface area contributed by atoms with E-state index in [1.165, 1.54) is 0 Å². The monoisotopic (exact) mass is 242 g/mol. The van der Waals surface area contributed by atoms with Crippen LogP contribution in [-0.4, -0.2) is 36.9 Å². The van der Waals surface area contributed by atoms with Gasteiger partial charge in [-0.15, -0.1) is 0 Å². The lowest BCUT2D eigenvalue weighted by Gasteiger charge is -2.24. The van der Waals surface area contributed by atoms with E-state index in [9.17, 15) is 0 Å².